The Labute approximate surface area is 93.3 Å². The molecule has 1 amide bonds. The quantitative estimate of drug-likeness (QED) is 0.655. The van der Waals surface area contributed by atoms with Crippen molar-refractivity contribution in [1.29, 1.82) is 0 Å². The molecular formula is C9H16N2O3S. The Morgan fingerprint density at radius 3 is 2.73 bits per heavy atom. The maximum atomic E-state index is 11.6. The van der Waals surface area contributed by atoms with Gasteiger partial charge in [-0.3, -0.25) is 14.9 Å². The first-order chi connectivity index (χ1) is 6.94. The highest BCUT2D eigenvalue weighted by atomic mass is 32.2. The zero-order valence-electron chi connectivity index (χ0n) is 9.12. The molecule has 1 atom stereocenters. The van der Waals surface area contributed by atoms with Crippen molar-refractivity contribution in [2.75, 3.05) is 19.4 Å². The standard InChI is InChI=1S/C9H16N2O3S/c1-9(2)11-6(5-15-9)8(13)10-4-7(12)14-3/h6,11H,4-5H2,1-3H3,(H,10,13)/t6-/m1/s1. The number of carbonyl (C=O) groups excluding carboxylic acids is 2. The second-order valence-corrected chi connectivity index (χ2v) is 5.45. The van der Waals surface area contributed by atoms with E-state index in [-0.39, 0.29) is 23.4 Å². The molecule has 0 aliphatic carbocycles. The number of thioether (sulfide) groups is 1. The van der Waals surface area contributed by atoms with E-state index in [0.29, 0.717) is 0 Å². The summed E-state index contributed by atoms with van der Waals surface area (Å²) in [6.07, 6.45) is 0. The van der Waals surface area contributed by atoms with Gasteiger partial charge in [0, 0.05) is 5.75 Å². The molecule has 1 aliphatic rings. The average molecular weight is 232 g/mol. The van der Waals surface area contributed by atoms with Gasteiger partial charge in [0.1, 0.15) is 6.54 Å². The Morgan fingerprint density at radius 2 is 2.27 bits per heavy atom. The van der Waals surface area contributed by atoms with Gasteiger partial charge in [-0.25, -0.2) is 0 Å². The number of methoxy groups -OCH3 is 1. The molecule has 0 aromatic heterocycles. The summed E-state index contributed by atoms with van der Waals surface area (Å²) in [5, 5.41) is 5.69. The number of amides is 1. The molecule has 0 saturated carbocycles. The van der Waals surface area contributed by atoms with Crippen LogP contribution in [0.3, 0.4) is 0 Å². The lowest BCUT2D eigenvalue weighted by atomic mass is 10.2. The van der Waals surface area contributed by atoms with Crippen LogP contribution in [0.15, 0.2) is 0 Å². The number of rotatable bonds is 3. The SMILES string of the molecule is COC(=O)CNC(=O)[C@H]1CSC(C)(C)N1. The molecule has 0 spiro atoms. The Kier molecular flexibility index (Phi) is 3.98. The van der Waals surface area contributed by atoms with Crippen LogP contribution in [0, 0.1) is 0 Å². The molecule has 1 aliphatic heterocycles. The summed E-state index contributed by atoms with van der Waals surface area (Å²) in [5.41, 5.74) is 0. The van der Waals surface area contributed by atoms with Crippen LogP contribution in [-0.2, 0) is 14.3 Å². The fourth-order valence-electron chi connectivity index (χ4n) is 1.29. The molecule has 0 unspecified atom stereocenters. The minimum absolute atomic E-state index is 0.0708. The van der Waals surface area contributed by atoms with Crippen molar-refractivity contribution in [2.24, 2.45) is 0 Å². The number of carbonyl (C=O) groups is 2. The Balaban J connectivity index is 2.33. The number of hydrogen-bond donors (Lipinski definition) is 2. The van der Waals surface area contributed by atoms with Gasteiger partial charge < -0.3 is 10.1 Å². The average Bonchev–Trinajstić information content (AvgIpc) is 2.54. The van der Waals surface area contributed by atoms with Crippen LogP contribution >= 0.6 is 11.8 Å². The van der Waals surface area contributed by atoms with Gasteiger partial charge in [-0.2, -0.15) is 0 Å². The number of esters is 1. The van der Waals surface area contributed by atoms with Crippen molar-refractivity contribution in [3.05, 3.63) is 0 Å². The van der Waals surface area contributed by atoms with E-state index in [1.807, 2.05) is 13.8 Å². The van der Waals surface area contributed by atoms with Gasteiger partial charge in [0.25, 0.3) is 0 Å². The predicted octanol–water partition coefficient (Wildman–Crippen LogP) is -0.283. The lowest BCUT2D eigenvalue weighted by Crippen LogP contribution is -2.47. The topological polar surface area (TPSA) is 67.4 Å². The van der Waals surface area contributed by atoms with Gasteiger partial charge in [0.2, 0.25) is 5.91 Å². The van der Waals surface area contributed by atoms with Crippen molar-refractivity contribution in [3.63, 3.8) is 0 Å². The largest absolute Gasteiger partial charge is 0.468 e. The molecule has 1 saturated heterocycles. The molecule has 0 aromatic carbocycles. The highest BCUT2D eigenvalue weighted by molar-refractivity contribution is 8.00. The third-order valence-corrected chi connectivity index (χ3v) is 3.42. The van der Waals surface area contributed by atoms with E-state index in [2.05, 4.69) is 15.4 Å². The van der Waals surface area contributed by atoms with E-state index in [1.54, 1.807) is 11.8 Å². The van der Waals surface area contributed by atoms with Crippen molar-refractivity contribution in [2.45, 2.75) is 24.8 Å². The molecule has 6 heteroatoms. The van der Waals surface area contributed by atoms with Crippen molar-refractivity contribution >= 4 is 23.6 Å². The van der Waals surface area contributed by atoms with Gasteiger partial charge >= 0.3 is 5.97 Å². The van der Waals surface area contributed by atoms with Gasteiger partial charge in [0.15, 0.2) is 0 Å². The maximum Gasteiger partial charge on any atom is 0.325 e. The van der Waals surface area contributed by atoms with Crippen molar-refractivity contribution < 1.29 is 14.3 Å². The molecule has 86 valence electrons. The maximum absolute atomic E-state index is 11.6. The summed E-state index contributed by atoms with van der Waals surface area (Å²) in [5.74, 6) is 0.131. The lowest BCUT2D eigenvalue weighted by molar-refractivity contribution is -0.141. The fourth-order valence-corrected chi connectivity index (χ4v) is 2.33. The van der Waals surface area contributed by atoms with E-state index in [9.17, 15) is 9.59 Å². The predicted molar refractivity (Wildman–Crippen MR) is 58.5 cm³/mol. The number of nitrogens with one attached hydrogen (secondary N) is 2. The molecule has 0 bridgehead atoms. The monoisotopic (exact) mass is 232 g/mol. The molecule has 1 fully saturated rings. The summed E-state index contributed by atoms with van der Waals surface area (Å²) in [6, 6.07) is -0.227. The highest BCUT2D eigenvalue weighted by Gasteiger charge is 2.34. The Morgan fingerprint density at radius 1 is 1.60 bits per heavy atom. The van der Waals surface area contributed by atoms with Crippen molar-refractivity contribution in [3.8, 4) is 0 Å². The van der Waals surface area contributed by atoms with Gasteiger partial charge in [-0.15, -0.1) is 11.8 Å². The van der Waals surface area contributed by atoms with Crippen LogP contribution < -0.4 is 10.6 Å². The van der Waals surface area contributed by atoms with E-state index in [4.69, 9.17) is 0 Å². The van der Waals surface area contributed by atoms with Crippen LogP contribution in [0.5, 0.6) is 0 Å². The zero-order valence-corrected chi connectivity index (χ0v) is 9.94. The van der Waals surface area contributed by atoms with Crippen LogP contribution in [0.2, 0.25) is 0 Å². The summed E-state index contributed by atoms with van der Waals surface area (Å²) >= 11 is 1.69. The van der Waals surface area contributed by atoms with Crippen LogP contribution in [0.4, 0.5) is 0 Å². The molecule has 0 radical (unpaired) electrons. The molecule has 0 aromatic rings. The molecule has 2 N–H and O–H groups in total. The third kappa shape index (κ3) is 3.71. The molecule has 1 rings (SSSR count). The number of hydrogen-bond acceptors (Lipinski definition) is 5. The van der Waals surface area contributed by atoms with E-state index >= 15 is 0 Å². The molecule has 1 heterocycles. The van der Waals surface area contributed by atoms with Crippen LogP contribution in [0.25, 0.3) is 0 Å². The molecular weight excluding hydrogens is 216 g/mol. The smallest absolute Gasteiger partial charge is 0.325 e. The van der Waals surface area contributed by atoms with Crippen LogP contribution in [0.1, 0.15) is 13.8 Å². The van der Waals surface area contributed by atoms with Crippen LogP contribution in [-0.4, -0.2) is 42.2 Å². The second kappa shape index (κ2) is 4.85. The summed E-state index contributed by atoms with van der Waals surface area (Å²) in [4.78, 5) is 22.3. The van der Waals surface area contributed by atoms with E-state index < -0.39 is 5.97 Å². The Hall–Kier alpha value is -0.750. The second-order valence-electron chi connectivity index (χ2n) is 3.81. The van der Waals surface area contributed by atoms with Gasteiger partial charge in [-0.05, 0) is 13.8 Å². The molecule has 5 nitrogen and oxygen atoms in total. The normalized spacial score (nSPS) is 23.5. The summed E-state index contributed by atoms with van der Waals surface area (Å²) < 4.78 is 4.42. The first-order valence-corrected chi connectivity index (χ1v) is 5.69. The lowest BCUT2D eigenvalue weighted by Gasteiger charge is -2.18. The first kappa shape index (κ1) is 12.3. The Bertz CT molecular complexity index is 268. The zero-order chi connectivity index (χ0) is 11.5. The summed E-state index contributed by atoms with van der Waals surface area (Å²) in [7, 11) is 1.29. The van der Waals surface area contributed by atoms with E-state index in [0.717, 1.165) is 5.75 Å². The minimum atomic E-state index is -0.437. The van der Waals surface area contributed by atoms with Gasteiger partial charge in [0.05, 0.1) is 18.0 Å². The minimum Gasteiger partial charge on any atom is -0.468 e. The molecule has 15 heavy (non-hydrogen) atoms. The fraction of sp³-hybridized carbons (Fsp3) is 0.778. The van der Waals surface area contributed by atoms with Gasteiger partial charge in [-0.1, -0.05) is 0 Å². The van der Waals surface area contributed by atoms with Crippen molar-refractivity contribution in [1.82, 2.24) is 10.6 Å². The highest BCUT2D eigenvalue weighted by Crippen LogP contribution is 2.28. The van der Waals surface area contributed by atoms with E-state index in [1.165, 1.54) is 7.11 Å². The third-order valence-electron chi connectivity index (χ3n) is 2.08. The summed E-state index contributed by atoms with van der Waals surface area (Å²) in [6.45, 7) is 3.97. The number of ether oxygens (including phenoxy) is 1. The first-order valence-electron chi connectivity index (χ1n) is 4.71.